The molecule has 0 spiro atoms. The standard InChI is InChI=1S/C21H33ClFN7O3/c1-28(2)16-8-5-9-29(12-16)19-17(23)18(24-21(22)25-19)26-27-20(32)15(11-30(33)13-31)10-14-6-3-4-7-14/h13-16,33H,3-12H2,1-2H3,(H,27,32)(H,24,25,26)/t15-,16?/m1/s1. The lowest BCUT2D eigenvalue weighted by atomic mass is 9.92. The Morgan fingerprint density at radius 3 is 2.70 bits per heavy atom. The zero-order valence-corrected chi connectivity index (χ0v) is 19.9. The number of nitrogens with zero attached hydrogens (tertiary/aromatic N) is 5. The molecule has 3 rings (SSSR count). The van der Waals surface area contributed by atoms with Gasteiger partial charge in [0.25, 0.3) is 0 Å². The first kappa shape index (κ1) is 25.4. The third-order valence-electron chi connectivity index (χ3n) is 6.53. The topological polar surface area (TPSA) is 114 Å². The highest BCUT2D eigenvalue weighted by atomic mass is 35.5. The highest BCUT2D eigenvalue weighted by Crippen LogP contribution is 2.31. The molecule has 2 heterocycles. The summed E-state index contributed by atoms with van der Waals surface area (Å²) in [7, 11) is 3.97. The van der Waals surface area contributed by atoms with Gasteiger partial charge in [-0.2, -0.15) is 14.4 Å². The molecule has 10 nitrogen and oxygen atoms in total. The van der Waals surface area contributed by atoms with Crippen molar-refractivity contribution >= 4 is 35.6 Å². The number of anilines is 2. The number of hydroxylamine groups is 2. The van der Waals surface area contributed by atoms with E-state index >= 15 is 4.39 Å². The first-order chi connectivity index (χ1) is 15.8. The van der Waals surface area contributed by atoms with E-state index in [0.717, 1.165) is 38.5 Å². The van der Waals surface area contributed by atoms with Crippen molar-refractivity contribution in [2.75, 3.05) is 44.1 Å². The van der Waals surface area contributed by atoms with Gasteiger partial charge in [-0.05, 0) is 50.9 Å². The van der Waals surface area contributed by atoms with Gasteiger partial charge in [0, 0.05) is 19.1 Å². The van der Waals surface area contributed by atoms with E-state index in [0.29, 0.717) is 30.5 Å². The highest BCUT2D eigenvalue weighted by Gasteiger charge is 2.29. The molecule has 0 aromatic carbocycles. The fourth-order valence-corrected chi connectivity index (χ4v) is 4.84. The van der Waals surface area contributed by atoms with Crippen LogP contribution in [0.3, 0.4) is 0 Å². The van der Waals surface area contributed by atoms with Crippen LogP contribution in [-0.2, 0) is 9.59 Å². The van der Waals surface area contributed by atoms with E-state index < -0.39 is 17.6 Å². The molecule has 1 aliphatic heterocycles. The zero-order chi connectivity index (χ0) is 24.0. The van der Waals surface area contributed by atoms with Crippen LogP contribution in [0.25, 0.3) is 0 Å². The van der Waals surface area contributed by atoms with Crippen LogP contribution >= 0.6 is 11.6 Å². The molecule has 33 heavy (non-hydrogen) atoms. The monoisotopic (exact) mass is 485 g/mol. The number of aromatic nitrogens is 2. The minimum absolute atomic E-state index is 0.0864. The Balaban J connectivity index is 1.69. The second-order valence-corrected chi connectivity index (χ2v) is 9.45. The number of amides is 2. The van der Waals surface area contributed by atoms with Crippen LogP contribution in [0.1, 0.15) is 44.9 Å². The SMILES string of the molecule is CN(C)C1CCCN(c2nc(Cl)nc(NNC(=O)[C@H](CC3CCCC3)CN(O)C=O)c2F)C1. The van der Waals surface area contributed by atoms with Crippen molar-refractivity contribution in [2.24, 2.45) is 11.8 Å². The van der Waals surface area contributed by atoms with Gasteiger partial charge in [0.1, 0.15) is 0 Å². The predicted molar refractivity (Wildman–Crippen MR) is 122 cm³/mol. The number of halogens is 2. The van der Waals surface area contributed by atoms with Crippen LogP contribution < -0.4 is 15.8 Å². The smallest absolute Gasteiger partial charge is 0.243 e. The summed E-state index contributed by atoms with van der Waals surface area (Å²) in [5.41, 5.74) is 5.00. The van der Waals surface area contributed by atoms with Crippen LogP contribution in [0.4, 0.5) is 16.0 Å². The number of rotatable bonds is 10. The van der Waals surface area contributed by atoms with E-state index in [2.05, 4.69) is 25.7 Å². The van der Waals surface area contributed by atoms with Gasteiger partial charge in [-0.15, -0.1) is 0 Å². The Morgan fingerprint density at radius 1 is 1.30 bits per heavy atom. The molecule has 2 fully saturated rings. The fourth-order valence-electron chi connectivity index (χ4n) is 4.67. The minimum Gasteiger partial charge on any atom is -0.352 e. The van der Waals surface area contributed by atoms with E-state index in [4.69, 9.17) is 11.6 Å². The zero-order valence-electron chi connectivity index (χ0n) is 19.1. The maximum atomic E-state index is 15.3. The molecule has 2 amide bonds. The molecule has 2 atom stereocenters. The molecular weight excluding hydrogens is 453 g/mol. The van der Waals surface area contributed by atoms with Crippen LogP contribution in [0.2, 0.25) is 5.28 Å². The number of hydrogen-bond donors (Lipinski definition) is 3. The van der Waals surface area contributed by atoms with Crippen molar-refractivity contribution in [1.29, 1.82) is 0 Å². The normalized spacial score (nSPS) is 20.1. The maximum absolute atomic E-state index is 15.3. The summed E-state index contributed by atoms with van der Waals surface area (Å²) in [5.74, 6) is -1.63. The molecule has 1 aromatic heterocycles. The van der Waals surface area contributed by atoms with Crippen LogP contribution in [0, 0.1) is 17.7 Å². The summed E-state index contributed by atoms with van der Waals surface area (Å²) in [4.78, 5) is 35.6. The molecule has 3 N–H and O–H groups in total. The molecule has 1 saturated heterocycles. The molecule has 12 heteroatoms. The Hall–Kier alpha value is -2.24. The molecule has 0 bridgehead atoms. The van der Waals surface area contributed by atoms with Crippen molar-refractivity contribution in [3.63, 3.8) is 0 Å². The summed E-state index contributed by atoms with van der Waals surface area (Å²) >= 11 is 6.06. The number of hydrogen-bond acceptors (Lipinski definition) is 8. The van der Waals surface area contributed by atoms with Gasteiger partial charge in [-0.3, -0.25) is 25.6 Å². The second kappa shape index (κ2) is 11.8. The number of likely N-dealkylation sites (N-methyl/N-ethyl adjacent to an activating group) is 1. The van der Waals surface area contributed by atoms with Crippen molar-refractivity contribution < 1.29 is 19.2 Å². The lowest BCUT2D eigenvalue weighted by Gasteiger charge is -2.37. The van der Waals surface area contributed by atoms with Gasteiger partial charge in [-0.1, -0.05) is 25.7 Å². The number of nitrogens with one attached hydrogen (secondary N) is 2. The molecular formula is C21H33ClFN7O3. The second-order valence-electron chi connectivity index (χ2n) is 9.11. The Morgan fingerprint density at radius 2 is 2.03 bits per heavy atom. The van der Waals surface area contributed by atoms with E-state index in [1.165, 1.54) is 0 Å². The summed E-state index contributed by atoms with van der Waals surface area (Å²) in [6, 6.07) is 0.263. The molecule has 0 radical (unpaired) electrons. The molecule has 1 saturated carbocycles. The van der Waals surface area contributed by atoms with Gasteiger partial charge in [0.15, 0.2) is 11.6 Å². The average Bonchev–Trinajstić information content (AvgIpc) is 3.31. The van der Waals surface area contributed by atoms with Gasteiger partial charge in [0.2, 0.25) is 23.4 Å². The van der Waals surface area contributed by atoms with Crippen molar-refractivity contribution in [1.82, 2.24) is 25.4 Å². The minimum atomic E-state index is -0.705. The van der Waals surface area contributed by atoms with E-state index in [1.807, 2.05) is 19.0 Å². The van der Waals surface area contributed by atoms with Crippen LogP contribution in [0.5, 0.6) is 0 Å². The fraction of sp³-hybridized carbons (Fsp3) is 0.714. The number of carbonyl (C=O) groups excluding carboxylic acids is 2. The van der Waals surface area contributed by atoms with Crippen molar-refractivity contribution in [3.8, 4) is 0 Å². The quantitative estimate of drug-likeness (QED) is 0.200. The predicted octanol–water partition coefficient (Wildman–Crippen LogP) is 2.29. The van der Waals surface area contributed by atoms with Crippen molar-refractivity contribution in [3.05, 3.63) is 11.1 Å². The number of piperidine rings is 1. The Kier molecular flexibility index (Phi) is 9.04. The Bertz CT molecular complexity index is 825. The highest BCUT2D eigenvalue weighted by molar-refractivity contribution is 6.28. The molecule has 1 unspecified atom stereocenters. The maximum Gasteiger partial charge on any atom is 0.243 e. The Labute approximate surface area is 198 Å². The third-order valence-corrected chi connectivity index (χ3v) is 6.70. The average molecular weight is 486 g/mol. The molecule has 184 valence electrons. The van der Waals surface area contributed by atoms with Gasteiger partial charge < -0.3 is 9.80 Å². The number of carbonyl (C=O) groups is 2. The van der Waals surface area contributed by atoms with Gasteiger partial charge in [0.05, 0.1) is 12.5 Å². The summed E-state index contributed by atoms with van der Waals surface area (Å²) < 4.78 is 15.3. The molecule has 2 aliphatic rings. The number of hydrazine groups is 1. The summed E-state index contributed by atoms with van der Waals surface area (Å²) in [5, 5.41) is 9.93. The lowest BCUT2D eigenvalue weighted by Crippen LogP contribution is -2.46. The first-order valence-electron chi connectivity index (χ1n) is 11.4. The lowest BCUT2D eigenvalue weighted by molar-refractivity contribution is -0.154. The van der Waals surface area contributed by atoms with Gasteiger partial charge >= 0.3 is 0 Å². The van der Waals surface area contributed by atoms with Crippen LogP contribution in [0.15, 0.2) is 0 Å². The molecule has 1 aliphatic carbocycles. The van der Waals surface area contributed by atoms with E-state index in [9.17, 15) is 14.8 Å². The largest absolute Gasteiger partial charge is 0.352 e. The summed E-state index contributed by atoms with van der Waals surface area (Å²) in [6.07, 6.45) is 6.91. The molecule has 1 aromatic rings. The summed E-state index contributed by atoms with van der Waals surface area (Å²) in [6.45, 7) is 1.10. The van der Waals surface area contributed by atoms with Crippen LogP contribution in [-0.4, -0.2) is 77.2 Å². The van der Waals surface area contributed by atoms with E-state index in [1.54, 1.807) is 0 Å². The first-order valence-corrected chi connectivity index (χ1v) is 11.8. The third kappa shape index (κ3) is 6.87. The van der Waals surface area contributed by atoms with E-state index in [-0.39, 0.29) is 35.9 Å². The van der Waals surface area contributed by atoms with Crippen molar-refractivity contribution in [2.45, 2.75) is 51.0 Å². The van der Waals surface area contributed by atoms with Gasteiger partial charge in [-0.25, -0.2) is 5.06 Å².